The Balaban J connectivity index is 1.02. The summed E-state index contributed by atoms with van der Waals surface area (Å²) in [6.07, 6.45) is 6.43. The van der Waals surface area contributed by atoms with E-state index >= 15 is 0 Å². The first-order valence-corrected chi connectivity index (χ1v) is 19.4. The summed E-state index contributed by atoms with van der Waals surface area (Å²) in [6, 6.07) is 60.5. The van der Waals surface area contributed by atoms with E-state index < -0.39 is 0 Å². The number of rotatable bonds is 5. The molecule has 0 N–H and O–H groups in total. The van der Waals surface area contributed by atoms with Gasteiger partial charge in [-0.3, -0.25) is 0 Å². The SMILES string of the molecule is CC1(C)c2ccccc2-c2c(N(c3ccc(-c4ccc5ccccc5c4)cc3)c3ccc(-c4ccc5c(ccc6oc7c(c65)CCC=C7)c4)cc3)cccc21. The van der Waals surface area contributed by atoms with Crippen LogP contribution in [-0.2, 0) is 11.8 Å². The first-order chi connectivity index (χ1) is 27.0. The summed E-state index contributed by atoms with van der Waals surface area (Å²) in [5, 5.41) is 6.28. The number of nitrogens with zero attached hydrogens (tertiary/aromatic N) is 1. The highest BCUT2D eigenvalue weighted by molar-refractivity contribution is 6.09. The molecule has 2 aliphatic rings. The normalized spacial score (nSPS) is 13.9. The zero-order valence-electron chi connectivity index (χ0n) is 31.0. The number of allylic oxidation sites excluding steroid dienone is 1. The van der Waals surface area contributed by atoms with Gasteiger partial charge in [-0.1, -0.05) is 135 Å². The largest absolute Gasteiger partial charge is 0.456 e. The highest BCUT2D eigenvalue weighted by Crippen LogP contribution is 2.54. The molecule has 2 aliphatic carbocycles. The zero-order chi connectivity index (χ0) is 36.7. The minimum absolute atomic E-state index is 0.0917. The van der Waals surface area contributed by atoms with Gasteiger partial charge in [0, 0.05) is 33.3 Å². The number of aryl methyl sites for hydroxylation is 1. The number of hydrogen-bond acceptors (Lipinski definition) is 2. The van der Waals surface area contributed by atoms with Gasteiger partial charge in [0.05, 0.1) is 5.69 Å². The molecule has 0 aliphatic heterocycles. The summed E-state index contributed by atoms with van der Waals surface area (Å²) in [5.41, 5.74) is 15.8. The summed E-state index contributed by atoms with van der Waals surface area (Å²) in [6.45, 7) is 4.71. The van der Waals surface area contributed by atoms with E-state index in [1.54, 1.807) is 0 Å². The Bertz CT molecular complexity index is 3000. The van der Waals surface area contributed by atoms with E-state index in [0.29, 0.717) is 0 Å². The topological polar surface area (TPSA) is 16.4 Å². The molecule has 262 valence electrons. The van der Waals surface area contributed by atoms with Gasteiger partial charge in [-0.15, -0.1) is 0 Å². The molecule has 0 unspecified atom stereocenters. The third-order valence-electron chi connectivity index (χ3n) is 12.1. The van der Waals surface area contributed by atoms with Crippen LogP contribution in [0.25, 0.3) is 72.0 Å². The molecule has 1 heterocycles. The smallest absolute Gasteiger partial charge is 0.135 e. The van der Waals surface area contributed by atoms with Crippen LogP contribution in [0.4, 0.5) is 17.1 Å². The molecular formula is C53H39NO. The predicted molar refractivity (Wildman–Crippen MR) is 232 cm³/mol. The van der Waals surface area contributed by atoms with Crippen molar-refractivity contribution in [2.45, 2.75) is 32.1 Å². The number of anilines is 3. The van der Waals surface area contributed by atoms with Gasteiger partial charge in [0.1, 0.15) is 11.3 Å². The summed E-state index contributed by atoms with van der Waals surface area (Å²) < 4.78 is 6.23. The van der Waals surface area contributed by atoms with Crippen LogP contribution < -0.4 is 4.90 Å². The van der Waals surface area contributed by atoms with Crippen molar-refractivity contribution in [1.29, 1.82) is 0 Å². The lowest BCUT2D eigenvalue weighted by Gasteiger charge is -2.29. The summed E-state index contributed by atoms with van der Waals surface area (Å²) >= 11 is 0. The molecule has 8 aromatic carbocycles. The summed E-state index contributed by atoms with van der Waals surface area (Å²) in [7, 11) is 0. The maximum Gasteiger partial charge on any atom is 0.135 e. The van der Waals surface area contributed by atoms with Gasteiger partial charge >= 0.3 is 0 Å². The summed E-state index contributed by atoms with van der Waals surface area (Å²) in [5.74, 6) is 1.01. The van der Waals surface area contributed by atoms with E-state index in [4.69, 9.17) is 4.42 Å². The Morgan fingerprint density at radius 3 is 1.96 bits per heavy atom. The van der Waals surface area contributed by atoms with Crippen LogP contribution in [0.2, 0.25) is 0 Å². The predicted octanol–water partition coefficient (Wildman–Crippen LogP) is 14.8. The first kappa shape index (κ1) is 31.8. The summed E-state index contributed by atoms with van der Waals surface area (Å²) in [4.78, 5) is 2.44. The molecule has 9 aromatic rings. The zero-order valence-corrected chi connectivity index (χ0v) is 31.0. The van der Waals surface area contributed by atoms with E-state index in [-0.39, 0.29) is 5.41 Å². The van der Waals surface area contributed by atoms with Gasteiger partial charge in [-0.25, -0.2) is 0 Å². The third kappa shape index (κ3) is 5.02. The molecular weight excluding hydrogens is 667 g/mol. The van der Waals surface area contributed by atoms with Gasteiger partial charge in [0.15, 0.2) is 0 Å². The van der Waals surface area contributed by atoms with Crippen LogP contribution in [0.1, 0.15) is 42.7 Å². The van der Waals surface area contributed by atoms with Crippen molar-refractivity contribution in [1.82, 2.24) is 0 Å². The van der Waals surface area contributed by atoms with Crippen molar-refractivity contribution in [3.05, 3.63) is 192 Å². The molecule has 0 radical (unpaired) electrons. The number of fused-ring (bicyclic) bond motifs is 9. The van der Waals surface area contributed by atoms with E-state index in [0.717, 1.165) is 35.6 Å². The average molecular weight is 706 g/mol. The second-order valence-corrected chi connectivity index (χ2v) is 15.6. The second-order valence-electron chi connectivity index (χ2n) is 15.6. The monoisotopic (exact) mass is 705 g/mol. The lowest BCUT2D eigenvalue weighted by Crippen LogP contribution is -2.16. The Labute approximate surface area is 321 Å². The van der Waals surface area contributed by atoms with Crippen LogP contribution in [0.15, 0.2) is 174 Å². The average Bonchev–Trinajstić information content (AvgIpc) is 3.74. The van der Waals surface area contributed by atoms with E-state index in [9.17, 15) is 0 Å². The Hall–Kier alpha value is -6.64. The quantitative estimate of drug-likeness (QED) is 0.177. The fraction of sp³-hybridized carbons (Fsp3) is 0.0943. The molecule has 0 saturated carbocycles. The number of furan rings is 1. The fourth-order valence-electron chi connectivity index (χ4n) is 9.31. The van der Waals surface area contributed by atoms with Crippen molar-refractivity contribution in [2.75, 3.05) is 4.90 Å². The molecule has 11 rings (SSSR count). The lowest BCUT2D eigenvalue weighted by atomic mass is 9.82. The molecule has 0 fully saturated rings. The highest BCUT2D eigenvalue weighted by atomic mass is 16.3. The first-order valence-electron chi connectivity index (χ1n) is 19.4. The van der Waals surface area contributed by atoms with E-state index in [1.165, 1.54) is 82.7 Å². The van der Waals surface area contributed by atoms with Gasteiger partial charge in [0.25, 0.3) is 0 Å². The maximum atomic E-state index is 6.23. The van der Waals surface area contributed by atoms with Crippen LogP contribution in [0.5, 0.6) is 0 Å². The molecule has 2 nitrogen and oxygen atoms in total. The van der Waals surface area contributed by atoms with Crippen molar-refractivity contribution < 1.29 is 4.42 Å². The Morgan fingerprint density at radius 1 is 0.545 bits per heavy atom. The molecule has 0 amide bonds. The van der Waals surface area contributed by atoms with Crippen molar-refractivity contribution in [3.63, 3.8) is 0 Å². The van der Waals surface area contributed by atoms with Crippen LogP contribution in [-0.4, -0.2) is 0 Å². The van der Waals surface area contributed by atoms with Crippen LogP contribution >= 0.6 is 0 Å². The third-order valence-corrected chi connectivity index (χ3v) is 12.1. The van der Waals surface area contributed by atoms with E-state index in [1.807, 2.05) is 0 Å². The molecule has 2 heteroatoms. The van der Waals surface area contributed by atoms with Crippen molar-refractivity contribution in [2.24, 2.45) is 0 Å². The number of benzene rings is 8. The molecule has 1 aromatic heterocycles. The van der Waals surface area contributed by atoms with Gasteiger partial charge in [0.2, 0.25) is 0 Å². The standard InChI is InChI=1S/C53H39NO/c1-53(2)46-14-7-5-12-44(46)52-47(53)15-9-16-48(52)54(41-26-20-35(21-27-41)38-19-18-34-10-3-4-11-37(34)32-38)42-28-22-36(23-29-42)39-24-30-43-40(33-39)25-31-50-51(43)45-13-6-8-17-49(45)55-50/h3-5,7-12,14-33H,6,13H2,1-2H3. The minimum Gasteiger partial charge on any atom is -0.456 e. The Morgan fingerprint density at radius 2 is 1.18 bits per heavy atom. The van der Waals surface area contributed by atoms with Crippen LogP contribution in [0.3, 0.4) is 0 Å². The van der Waals surface area contributed by atoms with Crippen molar-refractivity contribution >= 4 is 55.7 Å². The van der Waals surface area contributed by atoms with Crippen molar-refractivity contribution in [3.8, 4) is 33.4 Å². The molecule has 0 spiro atoms. The molecule has 55 heavy (non-hydrogen) atoms. The number of hydrogen-bond donors (Lipinski definition) is 0. The van der Waals surface area contributed by atoms with Crippen LogP contribution in [0, 0.1) is 0 Å². The van der Waals surface area contributed by atoms with Gasteiger partial charge in [-0.2, -0.15) is 0 Å². The fourth-order valence-corrected chi connectivity index (χ4v) is 9.31. The van der Waals surface area contributed by atoms with E-state index in [2.05, 4.69) is 195 Å². The second kappa shape index (κ2) is 12.2. The maximum absolute atomic E-state index is 6.23. The highest BCUT2D eigenvalue weighted by Gasteiger charge is 2.37. The lowest BCUT2D eigenvalue weighted by molar-refractivity contribution is 0.595. The minimum atomic E-state index is -0.0917. The molecule has 0 saturated heterocycles. The molecule has 0 atom stereocenters. The Kier molecular flexibility index (Phi) is 7.06. The molecule has 0 bridgehead atoms. The van der Waals surface area contributed by atoms with Gasteiger partial charge in [-0.05, 0) is 128 Å². The van der Waals surface area contributed by atoms with Gasteiger partial charge < -0.3 is 9.32 Å².